The predicted octanol–water partition coefficient (Wildman–Crippen LogP) is 2.80. The summed E-state index contributed by atoms with van der Waals surface area (Å²) in [5.41, 5.74) is 1.86. The van der Waals surface area contributed by atoms with Crippen LogP contribution in [0.2, 0.25) is 0 Å². The molecular formula is C21H21FN2O6. The number of hydrogen-bond donors (Lipinski definition) is 2. The quantitative estimate of drug-likeness (QED) is 0.572. The van der Waals surface area contributed by atoms with E-state index in [-0.39, 0.29) is 23.4 Å². The molecule has 1 amide bonds. The number of fused-ring (bicyclic) bond motifs is 1. The number of ether oxygens (including phenoxy) is 2. The van der Waals surface area contributed by atoms with E-state index < -0.39 is 41.5 Å². The van der Waals surface area contributed by atoms with Gasteiger partial charge in [-0.2, -0.15) is 0 Å². The Bertz CT molecular complexity index is 1060. The van der Waals surface area contributed by atoms with Crippen molar-refractivity contribution < 1.29 is 33.0 Å². The molecule has 1 aromatic heterocycles. The number of benzene rings is 1. The Morgan fingerprint density at radius 1 is 1.23 bits per heavy atom. The summed E-state index contributed by atoms with van der Waals surface area (Å²) >= 11 is 0. The standard InChI is InChI=1S/C21H21FN2O6/c1-9-17(21(28)29-4)10(2)23-18(9)19(26)11(3)30-20(27)14-8-16(25)24-15-7-12(22)5-6-13(14)15/h5-7,11,14,23H,8H2,1-4H3,(H,24,25). The van der Waals surface area contributed by atoms with Crippen molar-refractivity contribution in [2.45, 2.75) is 39.2 Å². The lowest BCUT2D eigenvalue weighted by Crippen LogP contribution is -2.32. The molecule has 2 unspecified atom stereocenters. The Hall–Kier alpha value is -3.49. The van der Waals surface area contributed by atoms with Gasteiger partial charge in [-0.1, -0.05) is 6.07 Å². The lowest BCUT2D eigenvalue weighted by atomic mass is 9.90. The minimum Gasteiger partial charge on any atom is -0.465 e. The number of hydrogen-bond acceptors (Lipinski definition) is 6. The van der Waals surface area contributed by atoms with Gasteiger partial charge < -0.3 is 19.8 Å². The SMILES string of the molecule is COC(=O)c1c(C)[nH]c(C(=O)C(C)OC(=O)C2CC(=O)Nc3cc(F)ccc32)c1C. The third-order valence-electron chi connectivity index (χ3n) is 5.07. The van der Waals surface area contributed by atoms with E-state index in [1.54, 1.807) is 13.8 Å². The number of amides is 1. The van der Waals surface area contributed by atoms with Gasteiger partial charge in [-0.15, -0.1) is 0 Å². The lowest BCUT2D eigenvalue weighted by Gasteiger charge is -2.25. The zero-order valence-corrected chi connectivity index (χ0v) is 16.9. The summed E-state index contributed by atoms with van der Waals surface area (Å²) in [6.45, 7) is 4.62. The molecule has 0 aliphatic carbocycles. The fourth-order valence-corrected chi connectivity index (χ4v) is 3.57. The van der Waals surface area contributed by atoms with E-state index in [4.69, 9.17) is 9.47 Å². The molecular weight excluding hydrogens is 395 g/mol. The van der Waals surface area contributed by atoms with Crippen LogP contribution in [0.15, 0.2) is 18.2 Å². The molecule has 0 saturated heterocycles. The first-order valence-electron chi connectivity index (χ1n) is 9.25. The molecule has 1 aromatic carbocycles. The molecule has 1 aliphatic rings. The van der Waals surface area contributed by atoms with Crippen LogP contribution >= 0.6 is 0 Å². The van der Waals surface area contributed by atoms with Crippen molar-refractivity contribution in [1.29, 1.82) is 0 Å². The molecule has 3 rings (SSSR count). The highest BCUT2D eigenvalue weighted by atomic mass is 19.1. The molecule has 158 valence electrons. The van der Waals surface area contributed by atoms with Gasteiger partial charge in [-0.05, 0) is 44.0 Å². The average molecular weight is 416 g/mol. The molecule has 8 nitrogen and oxygen atoms in total. The van der Waals surface area contributed by atoms with E-state index in [1.165, 1.54) is 26.2 Å². The maximum absolute atomic E-state index is 13.5. The molecule has 2 atom stereocenters. The van der Waals surface area contributed by atoms with E-state index >= 15 is 0 Å². The van der Waals surface area contributed by atoms with Gasteiger partial charge in [0.25, 0.3) is 0 Å². The first kappa shape index (κ1) is 21.2. The van der Waals surface area contributed by atoms with Crippen molar-refractivity contribution in [1.82, 2.24) is 4.98 Å². The summed E-state index contributed by atoms with van der Waals surface area (Å²) in [7, 11) is 1.24. The summed E-state index contributed by atoms with van der Waals surface area (Å²) in [5.74, 6) is -3.84. The van der Waals surface area contributed by atoms with Crippen LogP contribution in [0.25, 0.3) is 0 Å². The summed E-state index contributed by atoms with van der Waals surface area (Å²) < 4.78 is 23.5. The van der Waals surface area contributed by atoms with Crippen LogP contribution in [0.3, 0.4) is 0 Å². The van der Waals surface area contributed by atoms with Crippen LogP contribution in [-0.2, 0) is 19.1 Å². The van der Waals surface area contributed by atoms with Gasteiger partial charge in [0.15, 0.2) is 6.10 Å². The fraction of sp³-hybridized carbons (Fsp3) is 0.333. The van der Waals surface area contributed by atoms with Gasteiger partial charge in [0, 0.05) is 17.8 Å². The smallest absolute Gasteiger partial charge is 0.339 e. The molecule has 30 heavy (non-hydrogen) atoms. The number of esters is 2. The molecule has 0 bridgehead atoms. The lowest BCUT2D eigenvalue weighted by molar-refractivity contribution is -0.149. The first-order chi connectivity index (χ1) is 14.1. The Morgan fingerprint density at radius 3 is 2.60 bits per heavy atom. The molecule has 0 fully saturated rings. The molecule has 0 spiro atoms. The van der Waals surface area contributed by atoms with Crippen molar-refractivity contribution in [3.63, 3.8) is 0 Å². The van der Waals surface area contributed by atoms with Crippen LogP contribution in [0.5, 0.6) is 0 Å². The van der Waals surface area contributed by atoms with Gasteiger partial charge in [-0.25, -0.2) is 9.18 Å². The number of ketones is 1. The van der Waals surface area contributed by atoms with E-state index in [2.05, 4.69) is 10.3 Å². The normalized spacial score (nSPS) is 16.3. The van der Waals surface area contributed by atoms with Gasteiger partial charge in [0.1, 0.15) is 5.82 Å². The van der Waals surface area contributed by atoms with Gasteiger partial charge >= 0.3 is 11.9 Å². The fourth-order valence-electron chi connectivity index (χ4n) is 3.57. The first-order valence-corrected chi connectivity index (χ1v) is 9.25. The highest BCUT2D eigenvalue weighted by molar-refractivity contribution is 6.05. The van der Waals surface area contributed by atoms with Crippen LogP contribution in [0.1, 0.15) is 56.9 Å². The van der Waals surface area contributed by atoms with Crippen LogP contribution < -0.4 is 5.32 Å². The molecule has 2 N–H and O–H groups in total. The Morgan fingerprint density at radius 2 is 1.93 bits per heavy atom. The Kier molecular flexibility index (Phi) is 5.73. The maximum Gasteiger partial charge on any atom is 0.339 e. The minimum absolute atomic E-state index is 0.136. The van der Waals surface area contributed by atoms with Crippen LogP contribution in [0, 0.1) is 19.7 Å². The molecule has 1 aliphatic heterocycles. The number of rotatable bonds is 5. The number of halogens is 1. The number of aromatic amines is 1. The van der Waals surface area contributed by atoms with Gasteiger partial charge in [0.2, 0.25) is 11.7 Å². The van der Waals surface area contributed by atoms with E-state index in [0.717, 1.165) is 6.07 Å². The number of anilines is 1. The number of carbonyl (C=O) groups excluding carboxylic acids is 4. The van der Waals surface area contributed by atoms with Crippen molar-refractivity contribution in [2.24, 2.45) is 0 Å². The van der Waals surface area contributed by atoms with Crippen LogP contribution in [-0.4, -0.2) is 41.8 Å². The molecule has 2 aromatic rings. The highest BCUT2D eigenvalue weighted by Crippen LogP contribution is 2.34. The highest BCUT2D eigenvalue weighted by Gasteiger charge is 2.35. The second kappa shape index (κ2) is 8.10. The molecule has 9 heteroatoms. The van der Waals surface area contributed by atoms with Crippen molar-refractivity contribution in [3.8, 4) is 0 Å². The van der Waals surface area contributed by atoms with Crippen molar-refractivity contribution in [3.05, 3.63) is 52.1 Å². The number of methoxy groups -OCH3 is 1. The van der Waals surface area contributed by atoms with E-state index in [9.17, 15) is 23.6 Å². The zero-order chi connectivity index (χ0) is 22.2. The van der Waals surface area contributed by atoms with Gasteiger partial charge in [0.05, 0.1) is 24.3 Å². The molecule has 2 heterocycles. The number of nitrogens with one attached hydrogen (secondary N) is 2. The third kappa shape index (κ3) is 3.83. The second-order valence-corrected chi connectivity index (χ2v) is 7.10. The van der Waals surface area contributed by atoms with Crippen molar-refractivity contribution >= 4 is 29.3 Å². The Balaban J connectivity index is 1.81. The molecule has 0 saturated carbocycles. The Labute approximate surface area is 171 Å². The van der Waals surface area contributed by atoms with Crippen LogP contribution in [0.4, 0.5) is 10.1 Å². The third-order valence-corrected chi connectivity index (χ3v) is 5.07. The van der Waals surface area contributed by atoms with Crippen molar-refractivity contribution in [2.75, 3.05) is 12.4 Å². The maximum atomic E-state index is 13.5. The molecule has 0 radical (unpaired) electrons. The minimum atomic E-state index is -1.17. The number of Topliss-reactive ketones (excluding diaryl/α,β-unsaturated/α-hetero) is 1. The monoisotopic (exact) mass is 416 g/mol. The topological polar surface area (TPSA) is 115 Å². The largest absolute Gasteiger partial charge is 0.465 e. The number of H-pyrrole nitrogens is 1. The second-order valence-electron chi connectivity index (χ2n) is 7.10. The summed E-state index contributed by atoms with van der Waals surface area (Å²) in [6.07, 6.45) is -1.35. The summed E-state index contributed by atoms with van der Waals surface area (Å²) in [5, 5.41) is 2.52. The number of carbonyl (C=O) groups is 4. The zero-order valence-electron chi connectivity index (χ0n) is 16.9. The van der Waals surface area contributed by atoms with Gasteiger partial charge in [-0.3, -0.25) is 14.4 Å². The van der Waals surface area contributed by atoms with E-state index in [1.807, 2.05) is 0 Å². The number of aryl methyl sites for hydroxylation is 1. The average Bonchev–Trinajstić information content (AvgIpc) is 2.99. The predicted molar refractivity (Wildman–Crippen MR) is 104 cm³/mol. The number of aromatic nitrogens is 1. The summed E-state index contributed by atoms with van der Waals surface area (Å²) in [4.78, 5) is 52.2. The van der Waals surface area contributed by atoms with E-state index in [0.29, 0.717) is 16.8 Å². The summed E-state index contributed by atoms with van der Waals surface area (Å²) in [6, 6.07) is 3.72.